The van der Waals surface area contributed by atoms with Gasteiger partial charge in [0.2, 0.25) is 5.91 Å². The Morgan fingerprint density at radius 3 is 2.35 bits per heavy atom. The number of rotatable bonds is 6. The summed E-state index contributed by atoms with van der Waals surface area (Å²) in [5.74, 6) is -1.68. The first-order valence-corrected chi connectivity index (χ1v) is 7.45. The number of carbonyl (C=O) groups excluding carboxylic acids is 1. The van der Waals surface area contributed by atoms with Crippen molar-refractivity contribution >= 4 is 34.9 Å². The molecule has 1 atom stereocenters. The maximum atomic E-state index is 12.2. The van der Waals surface area contributed by atoms with E-state index in [1.165, 1.54) is 0 Å². The van der Waals surface area contributed by atoms with Gasteiger partial charge in [-0.05, 0) is 29.8 Å². The highest BCUT2D eigenvalue weighted by atomic mass is 35.5. The predicted octanol–water partition coefficient (Wildman–Crippen LogP) is 3.51. The van der Waals surface area contributed by atoms with Gasteiger partial charge in [-0.2, -0.15) is 0 Å². The minimum absolute atomic E-state index is 0.0439. The van der Waals surface area contributed by atoms with E-state index in [2.05, 4.69) is 5.32 Å². The zero-order valence-electron chi connectivity index (χ0n) is 12.3. The molecule has 0 bridgehead atoms. The van der Waals surface area contributed by atoms with Crippen LogP contribution in [0, 0.1) is 0 Å². The summed E-state index contributed by atoms with van der Waals surface area (Å²) < 4.78 is 0. The summed E-state index contributed by atoms with van der Waals surface area (Å²) in [5.41, 5.74) is 7.52. The van der Waals surface area contributed by atoms with Crippen LogP contribution < -0.4 is 11.1 Å². The Kier molecular flexibility index (Phi) is 5.60. The minimum Gasteiger partial charge on any atom is -0.481 e. The smallest absolute Gasteiger partial charge is 0.303 e. The van der Waals surface area contributed by atoms with Gasteiger partial charge in [0.1, 0.15) is 0 Å². The topological polar surface area (TPSA) is 92.4 Å². The molecule has 23 heavy (non-hydrogen) atoms. The number of aliphatic carboxylic acids is 1. The molecule has 2 aromatic carbocycles. The molecule has 120 valence electrons. The van der Waals surface area contributed by atoms with Crippen molar-refractivity contribution in [3.63, 3.8) is 0 Å². The number of para-hydroxylation sites is 2. The zero-order valence-corrected chi connectivity index (χ0v) is 13.1. The van der Waals surface area contributed by atoms with E-state index in [4.69, 9.17) is 22.4 Å². The van der Waals surface area contributed by atoms with E-state index in [9.17, 15) is 9.59 Å². The average Bonchev–Trinajstić information content (AvgIpc) is 2.49. The quantitative estimate of drug-likeness (QED) is 0.706. The predicted molar refractivity (Wildman–Crippen MR) is 90.5 cm³/mol. The van der Waals surface area contributed by atoms with Crippen LogP contribution in [0.3, 0.4) is 0 Å². The third-order valence-electron chi connectivity index (χ3n) is 3.43. The van der Waals surface area contributed by atoms with Crippen molar-refractivity contribution in [1.82, 2.24) is 0 Å². The van der Waals surface area contributed by atoms with Crippen molar-refractivity contribution in [2.75, 3.05) is 11.1 Å². The van der Waals surface area contributed by atoms with Gasteiger partial charge < -0.3 is 16.2 Å². The summed E-state index contributed by atoms with van der Waals surface area (Å²) in [5, 5.41) is 12.3. The summed E-state index contributed by atoms with van der Waals surface area (Å²) in [6.45, 7) is 0. The molecule has 0 aromatic heterocycles. The number of carbonyl (C=O) groups is 2. The first-order valence-electron chi connectivity index (χ1n) is 7.07. The lowest BCUT2D eigenvalue weighted by atomic mass is 9.92. The number of carboxylic acid groups (broad SMARTS) is 1. The summed E-state index contributed by atoms with van der Waals surface area (Å²) >= 11 is 5.84. The lowest BCUT2D eigenvalue weighted by Gasteiger charge is -2.16. The Labute approximate surface area is 139 Å². The van der Waals surface area contributed by atoms with Crippen LogP contribution in [0.2, 0.25) is 5.02 Å². The van der Waals surface area contributed by atoms with Gasteiger partial charge in [-0.15, -0.1) is 0 Å². The van der Waals surface area contributed by atoms with Crippen molar-refractivity contribution < 1.29 is 14.7 Å². The standard InChI is InChI=1S/C17H17ClN2O3/c18-13-7-5-11(6-8-13)12(10-17(22)23)9-16(21)20-15-4-2-1-3-14(15)19/h1-8,12H,9-10,19H2,(H,20,21)(H,22,23). The number of hydrogen-bond acceptors (Lipinski definition) is 3. The molecule has 1 amide bonds. The van der Waals surface area contributed by atoms with Crippen molar-refractivity contribution in [2.24, 2.45) is 0 Å². The molecule has 0 fully saturated rings. The highest BCUT2D eigenvalue weighted by Crippen LogP contribution is 2.26. The van der Waals surface area contributed by atoms with E-state index in [1.54, 1.807) is 48.5 Å². The molecule has 6 heteroatoms. The monoisotopic (exact) mass is 332 g/mol. The summed E-state index contributed by atoms with van der Waals surface area (Å²) in [6.07, 6.45) is -0.0956. The van der Waals surface area contributed by atoms with E-state index in [-0.39, 0.29) is 18.7 Å². The Morgan fingerprint density at radius 1 is 1.09 bits per heavy atom. The van der Waals surface area contributed by atoms with Gasteiger partial charge in [-0.25, -0.2) is 0 Å². The Hall–Kier alpha value is -2.53. The summed E-state index contributed by atoms with van der Waals surface area (Å²) in [4.78, 5) is 23.3. The van der Waals surface area contributed by atoms with Gasteiger partial charge >= 0.3 is 5.97 Å². The molecule has 0 aliphatic rings. The molecule has 0 saturated carbocycles. The first kappa shape index (κ1) is 16.8. The van der Waals surface area contributed by atoms with Gasteiger partial charge in [-0.1, -0.05) is 35.9 Å². The van der Waals surface area contributed by atoms with E-state index < -0.39 is 11.9 Å². The first-order chi connectivity index (χ1) is 11.0. The molecular weight excluding hydrogens is 316 g/mol. The highest BCUT2D eigenvalue weighted by molar-refractivity contribution is 6.30. The number of nitrogen functional groups attached to an aromatic ring is 1. The molecule has 1 unspecified atom stereocenters. The summed E-state index contributed by atoms with van der Waals surface area (Å²) in [6, 6.07) is 13.7. The van der Waals surface area contributed by atoms with E-state index >= 15 is 0 Å². The minimum atomic E-state index is -0.961. The molecule has 0 aliphatic heterocycles. The van der Waals surface area contributed by atoms with Crippen molar-refractivity contribution in [1.29, 1.82) is 0 Å². The second kappa shape index (κ2) is 7.65. The normalized spacial score (nSPS) is 11.7. The molecule has 2 aromatic rings. The number of benzene rings is 2. The van der Waals surface area contributed by atoms with Gasteiger partial charge in [-0.3, -0.25) is 9.59 Å². The Balaban J connectivity index is 2.11. The van der Waals surface area contributed by atoms with E-state index in [1.807, 2.05) is 0 Å². The van der Waals surface area contributed by atoms with Gasteiger partial charge in [0, 0.05) is 17.4 Å². The highest BCUT2D eigenvalue weighted by Gasteiger charge is 2.20. The molecule has 0 radical (unpaired) electrons. The number of nitrogens with one attached hydrogen (secondary N) is 1. The van der Waals surface area contributed by atoms with Crippen LogP contribution in [-0.2, 0) is 9.59 Å². The fraction of sp³-hybridized carbons (Fsp3) is 0.176. The number of amides is 1. The van der Waals surface area contributed by atoms with E-state index in [0.29, 0.717) is 16.4 Å². The lowest BCUT2D eigenvalue weighted by Crippen LogP contribution is -2.18. The third kappa shape index (κ3) is 5.00. The number of anilines is 2. The van der Waals surface area contributed by atoms with Crippen LogP contribution in [0.25, 0.3) is 0 Å². The molecule has 0 saturated heterocycles. The maximum Gasteiger partial charge on any atom is 0.303 e. The average molecular weight is 333 g/mol. The van der Waals surface area contributed by atoms with Crippen LogP contribution in [-0.4, -0.2) is 17.0 Å². The SMILES string of the molecule is Nc1ccccc1NC(=O)CC(CC(=O)O)c1ccc(Cl)cc1. The fourth-order valence-corrected chi connectivity index (χ4v) is 2.42. The maximum absolute atomic E-state index is 12.2. The summed E-state index contributed by atoms with van der Waals surface area (Å²) in [7, 11) is 0. The molecular formula is C17H17ClN2O3. The molecule has 5 nitrogen and oxygen atoms in total. The number of nitrogens with two attached hydrogens (primary N) is 1. The van der Waals surface area contributed by atoms with Gasteiger partial charge in [0.25, 0.3) is 0 Å². The second-order valence-corrected chi connectivity index (χ2v) is 5.62. The van der Waals surface area contributed by atoms with Gasteiger partial charge in [0.15, 0.2) is 0 Å². The zero-order chi connectivity index (χ0) is 16.8. The van der Waals surface area contributed by atoms with Crippen molar-refractivity contribution in [3.8, 4) is 0 Å². The molecule has 0 spiro atoms. The fourth-order valence-electron chi connectivity index (χ4n) is 2.29. The molecule has 0 heterocycles. The largest absolute Gasteiger partial charge is 0.481 e. The Morgan fingerprint density at radius 2 is 1.74 bits per heavy atom. The van der Waals surface area contributed by atoms with Crippen LogP contribution in [0.1, 0.15) is 24.3 Å². The van der Waals surface area contributed by atoms with Crippen molar-refractivity contribution in [3.05, 3.63) is 59.1 Å². The molecule has 4 N–H and O–H groups in total. The number of hydrogen-bond donors (Lipinski definition) is 3. The molecule has 2 rings (SSSR count). The second-order valence-electron chi connectivity index (χ2n) is 5.19. The Bertz CT molecular complexity index is 701. The molecule has 0 aliphatic carbocycles. The van der Waals surface area contributed by atoms with Crippen LogP contribution in [0.5, 0.6) is 0 Å². The van der Waals surface area contributed by atoms with Crippen LogP contribution in [0.4, 0.5) is 11.4 Å². The third-order valence-corrected chi connectivity index (χ3v) is 3.68. The van der Waals surface area contributed by atoms with Crippen LogP contribution in [0.15, 0.2) is 48.5 Å². The number of carboxylic acids is 1. The van der Waals surface area contributed by atoms with Gasteiger partial charge in [0.05, 0.1) is 17.8 Å². The van der Waals surface area contributed by atoms with Crippen LogP contribution >= 0.6 is 11.6 Å². The lowest BCUT2D eigenvalue weighted by molar-refractivity contribution is -0.137. The van der Waals surface area contributed by atoms with E-state index in [0.717, 1.165) is 5.56 Å². The van der Waals surface area contributed by atoms with Crippen molar-refractivity contribution in [2.45, 2.75) is 18.8 Å². The number of halogens is 1.